The average Bonchev–Trinajstić information content (AvgIpc) is 2.61. The number of hydrogen-bond acceptors (Lipinski definition) is 3. The fraction of sp³-hybridized carbons (Fsp3) is 0.429. The summed E-state index contributed by atoms with van der Waals surface area (Å²) < 4.78 is 18.4. The molecule has 1 aliphatic heterocycles. The highest BCUT2D eigenvalue weighted by molar-refractivity contribution is 5.99. The highest BCUT2D eigenvalue weighted by atomic mass is 19.1. The number of halogens is 1. The van der Waals surface area contributed by atoms with Crippen LogP contribution in [0.2, 0.25) is 0 Å². The van der Waals surface area contributed by atoms with Crippen LogP contribution in [0.3, 0.4) is 0 Å². The maximum atomic E-state index is 13.6. The molecule has 1 aliphatic rings. The van der Waals surface area contributed by atoms with Crippen LogP contribution in [0.1, 0.15) is 30.6 Å². The average molecular weight is 265 g/mol. The van der Waals surface area contributed by atoms with Gasteiger partial charge in [-0.1, -0.05) is 0 Å². The van der Waals surface area contributed by atoms with Crippen LogP contribution in [0, 0.1) is 5.82 Å². The number of nitrogens with zero attached hydrogens (tertiary/aromatic N) is 1. The van der Waals surface area contributed by atoms with Gasteiger partial charge in [0.2, 0.25) is 0 Å². The molecule has 1 aromatic carbocycles. The number of carbonyl (C=O) groups excluding carboxylic acids is 2. The lowest BCUT2D eigenvalue weighted by Gasteiger charge is -2.30. The summed E-state index contributed by atoms with van der Waals surface area (Å²) in [5.41, 5.74) is -0.300. The van der Waals surface area contributed by atoms with Crippen molar-refractivity contribution >= 4 is 11.7 Å². The highest BCUT2D eigenvalue weighted by Gasteiger charge is 2.40. The third kappa shape index (κ3) is 2.45. The molecule has 19 heavy (non-hydrogen) atoms. The Kier molecular flexibility index (Phi) is 3.30. The van der Waals surface area contributed by atoms with Crippen LogP contribution < -0.4 is 4.74 Å². The molecule has 5 heteroatoms. The second-order valence-electron chi connectivity index (χ2n) is 5.27. The Balaban J connectivity index is 2.30. The van der Waals surface area contributed by atoms with Crippen LogP contribution in [-0.2, 0) is 4.79 Å². The predicted molar refractivity (Wildman–Crippen MR) is 67.7 cm³/mol. The molecule has 1 fully saturated rings. The molecule has 4 nitrogen and oxygen atoms in total. The summed E-state index contributed by atoms with van der Waals surface area (Å²) in [5.74, 6) is -0.810. The lowest BCUT2D eigenvalue weighted by atomic mass is 10.0. The van der Waals surface area contributed by atoms with Gasteiger partial charge in [0.1, 0.15) is 0 Å². The maximum absolute atomic E-state index is 13.6. The van der Waals surface area contributed by atoms with E-state index >= 15 is 0 Å². The van der Waals surface area contributed by atoms with Crippen LogP contribution >= 0.6 is 0 Å². The summed E-state index contributed by atoms with van der Waals surface area (Å²) in [4.78, 5) is 25.3. The van der Waals surface area contributed by atoms with Crippen molar-refractivity contribution in [1.29, 1.82) is 0 Å². The first kappa shape index (κ1) is 13.5. The highest BCUT2D eigenvalue weighted by Crippen LogP contribution is 2.28. The standard InChI is InChI=1S/C14H16FNO3/c1-14(2)7-10(17)8-16(14)13(18)9-4-5-12(19-3)11(15)6-9/h4-6H,7-8H2,1-3H3. The quantitative estimate of drug-likeness (QED) is 0.822. The molecule has 1 heterocycles. The van der Waals surface area contributed by atoms with Gasteiger partial charge in [0.25, 0.3) is 5.91 Å². The molecule has 1 amide bonds. The van der Waals surface area contributed by atoms with Gasteiger partial charge in [-0.05, 0) is 32.0 Å². The number of ketones is 1. The fourth-order valence-corrected chi connectivity index (χ4v) is 2.33. The SMILES string of the molecule is COc1ccc(C(=O)N2CC(=O)CC2(C)C)cc1F. The summed E-state index contributed by atoms with van der Waals surface area (Å²) in [5, 5.41) is 0. The molecule has 0 unspecified atom stereocenters. The van der Waals surface area contributed by atoms with Gasteiger partial charge in [-0.3, -0.25) is 9.59 Å². The smallest absolute Gasteiger partial charge is 0.254 e. The van der Waals surface area contributed by atoms with Crippen LogP contribution in [0.25, 0.3) is 0 Å². The number of likely N-dealkylation sites (tertiary alicyclic amines) is 1. The molecule has 0 bridgehead atoms. The molecule has 0 spiro atoms. The third-order valence-electron chi connectivity index (χ3n) is 3.34. The van der Waals surface area contributed by atoms with E-state index in [4.69, 9.17) is 4.74 Å². The summed E-state index contributed by atoms with van der Waals surface area (Å²) >= 11 is 0. The van der Waals surface area contributed by atoms with Crippen molar-refractivity contribution in [3.63, 3.8) is 0 Å². The second kappa shape index (κ2) is 4.64. The topological polar surface area (TPSA) is 46.6 Å². The number of rotatable bonds is 2. The Labute approximate surface area is 111 Å². The van der Waals surface area contributed by atoms with Crippen molar-refractivity contribution < 1.29 is 18.7 Å². The van der Waals surface area contributed by atoms with Crippen molar-refractivity contribution in [1.82, 2.24) is 4.90 Å². The summed E-state index contributed by atoms with van der Waals surface area (Å²) in [6.45, 7) is 3.74. The number of carbonyl (C=O) groups is 2. The van der Waals surface area contributed by atoms with E-state index in [2.05, 4.69) is 0 Å². The summed E-state index contributed by atoms with van der Waals surface area (Å²) in [6.07, 6.45) is 0.331. The molecular formula is C14H16FNO3. The van der Waals surface area contributed by atoms with E-state index in [1.807, 2.05) is 13.8 Å². The monoisotopic (exact) mass is 265 g/mol. The zero-order valence-electron chi connectivity index (χ0n) is 11.2. The summed E-state index contributed by atoms with van der Waals surface area (Å²) in [7, 11) is 1.36. The number of benzene rings is 1. The first-order chi connectivity index (χ1) is 8.85. The first-order valence-electron chi connectivity index (χ1n) is 6.02. The van der Waals surface area contributed by atoms with Gasteiger partial charge in [-0.25, -0.2) is 4.39 Å². The van der Waals surface area contributed by atoms with Crippen LogP contribution in [0.5, 0.6) is 5.75 Å². The van der Waals surface area contributed by atoms with Crippen LogP contribution in [-0.4, -0.2) is 35.8 Å². The summed E-state index contributed by atoms with van der Waals surface area (Å²) in [6, 6.07) is 4.05. The van der Waals surface area contributed by atoms with Crippen molar-refractivity contribution in [2.45, 2.75) is 25.8 Å². The first-order valence-corrected chi connectivity index (χ1v) is 6.02. The van der Waals surface area contributed by atoms with E-state index in [1.54, 1.807) is 0 Å². The maximum Gasteiger partial charge on any atom is 0.254 e. The van der Waals surface area contributed by atoms with Gasteiger partial charge in [-0.15, -0.1) is 0 Å². The Morgan fingerprint density at radius 3 is 2.58 bits per heavy atom. The van der Waals surface area contributed by atoms with Gasteiger partial charge in [0, 0.05) is 17.5 Å². The lowest BCUT2D eigenvalue weighted by Crippen LogP contribution is -2.42. The molecule has 0 N–H and O–H groups in total. The number of amides is 1. The minimum Gasteiger partial charge on any atom is -0.494 e. The Hall–Kier alpha value is -1.91. The number of methoxy groups -OCH3 is 1. The van der Waals surface area contributed by atoms with E-state index in [0.717, 1.165) is 6.07 Å². The van der Waals surface area contributed by atoms with E-state index in [0.29, 0.717) is 6.42 Å². The van der Waals surface area contributed by atoms with E-state index in [9.17, 15) is 14.0 Å². The molecule has 0 radical (unpaired) electrons. The molecule has 1 aromatic rings. The van der Waals surface area contributed by atoms with Crippen molar-refractivity contribution in [2.24, 2.45) is 0 Å². The van der Waals surface area contributed by atoms with Crippen molar-refractivity contribution in [3.05, 3.63) is 29.6 Å². The van der Waals surface area contributed by atoms with Crippen molar-refractivity contribution in [2.75, 3.05) is 13.7 Å². The molecular weight excluding hydrogens is 249 g/mol. The normalized spacial score (nSPS) is 17.7. The zero-order valence-corrected chi connectivity index (χ0v) is 11.2. The predicted octanol–water partition coefficient (Wildman–Crippen LogP) is 2.03. The van der Waals surface area contributed by atoms with E-state index in [-0.39, 0.29) is 29.5 Å². The number of ether oxygens (including phenoxy) is 1. The largest absolute Gasteiger partial charge is 0.494 e. The van der Waals surface area contributed by atoms with Gasteiger partial charge in [0.05, 0.1) is 13.7 Å². The molecule has 1 saturated heterocycles. The molecule has 0 aliphatic carbocycles. The van der Waals surface area contributed by atoms with Crippen LogP contribution in [0.15, 0.2) is 18.2 Å². The third-order valence-corrected chi connectivity index (χ3v) is 3.34. The van der Waals surface area contributed by atoms with Gasteiger partial charge in [0.15, 0.2) is 17.3 Å². The van der Waals surface area contributed by atoms with Gasteiger partial charge in [-0.2, -0.15) is 0 Å². The Morgan fingerprint density at radius 2 is 2.11 bits per heavy atom. The van der Waals surface area contributed by atoms with Gasteiger partial charge < -0.3 is 9.64 Å². The van der Waals surface area contributed by atoms with E-state index < -0.39 is 11.4 Å². The van der Waals surface area contributed by atoms with Crippen LogP contribution in [0.4, 0.5) is 4.39 Å². The minimum atomic E-state index is -0.586. The Bertz CT molecular complexity index is 539. The molecule has 0 aromatic heterocycles. The molecule has 102 valence electrons. The zero-order chi connectivity index (χ0) is 14.2. The van der Waals surface area contributed by atoms with Gasteiger partial charge >= 0.3 is 0 Å². The number of Topliss-reactive ketones (excluding diaryl/α,β-unsaturated/α-hetero) is 1. The fourth-order valence-electron chi connectivity index (χ4n) is 2.33. The van der Waals surface area contributed by atoms with E-state index in [1.165, 1.54) is 24.1 Å². The number of hydrogen-bond donors (Lipinski definition) is 0. The second-order valence-corrected chi connectivity index (χ2v) is 5.27. The molecule has 2 rings (SSSR count). The van der Waals surface area contributed by atoms with Crippen molar-refractivity contribution in [3.8, 4) is 5.75 Å². The minimum absolute atomic E-state index is 0.0207. The molecule has 0 atom stereocenters. The lowest BCUT2D eigenvalue weighted by molar-refractivity contribution is -0.116. The molecule has 0 saturated carbocycles. The Morgan fingerprint density at radius 1 is 1.42 bits per heavy atom.